The summed E-state index contributed by atoms with van der Waals surface area (Å²) in [7, 11) is 0. The van der Waals surface area contributed by atoms with Crippen LogP contribution in [0.15, 0.2) is 48.5 Å². The molecule has 1 heterocycles. The predicted octanol–water partition coefficient (Wildman–Crippen LogP) is 5.77. The normalized spacial score (nSPS) is 16.3. The number of hydrogen-bond acceptors (Lipinski definition) is 4. The molecule has 1 atom stereocenters. The van der Waals surface area contributed by atoms with Crippen molar-refractivity contribution in [2.45, 2.75) is 38.8 Å². The second-order valence-corrected chi connectivity index (χ2v) is 7.60. The average molecular weight is 411 g/mol. The van der Waals surface area contributed by atoms with Gasteiger partial charge in [0.05, 0.1) is 22.5 Å². The lowest BCUT2D eigenvalue weighted by molar-refractivity contribution is -0.137. The molecule has 30 heavy (non-hydrogen) atoms. The zero-order valence-electron chi connectivity index (χ0n) is 16.5. The van der Waals surface area contributed by atoms with Crippen LogP contribution in [-0.4, -0.2) is 15.8 Å². The summed E-state index contributed by atoms with van der Waals surface area (Å²) in [6.45, 7) is 3.73. The number of rotatable bonds is 3. The Morgan fingerprint density at radius 2 is 1.73 bits per heavy atom. The Balaban J connectivity index is 1.64. The van der Waals surface area contributed by atoms with Crippen LogP contribution in [0.2, 0.25) is 0 Å². The minimum atomic E-state index is -4.43. The van der Waals surface area contributed by atoms with Crippen molar-refractivity contribution in [3.8, 4) is 0 Å². The second kappa shape index (κ2) is 7.55. The first kappa shape index (κ1) is 20.1. The van der Waals surface area contributed by atoms with Gasteiger partial charge in [-0.2, -0.15) is 13.2 Å². The predicted molar refractivity (Wildman–Crippen MR) is 108 cm³/mol. The molecular weight excluding hydrogens is 391 g/mol. The standard InChI is InChI=1S/C23H20F3N3O/c1-13-6-8-15(9-7-13)16-10-19-21(20(30)11-16)14(2)27-22(29-19)28-18-5-3-4-17(12-18)23(24,25)26/h3-9,12,16H,10-11H2,1-2H3,(H,27,28,29)/t16-/m0/s1. The third-order valence-electron chi connectivity index (χ3n) is 5.31. The highest BCUT2D eigenvalue weighted by atomic mass is 19.4. The van der Waals surface area contributed by atoms with Crippen molar-refractivity contribution in [1.29, 1.82) is 0 Å². The summed E-state index contributed by atoms with van der Waals surface area (Å²) >= 11 is 0. The number of anilines is 2. The van der Waals surface area contributed by atoms with Gasteiger partial charge >= 0.3 is 6.18 Å². The van der Waals surface area contributed by atoms with E-state index in [0.29, 0.717) is 29.8 Å². The Hall–Kier alpha value is -3.22. The molecule has 0 fully saturated rings. The van der Waals surface area contributed by atoms with Crippen LogP contribution in [-0.2, 0) is 12.6 Å². The molecule has 4 nitrogen and oxygen atoms in total. The fourth-order valence-corrected chi connectivity index (χ4v) is 3.81. The van der Waals surface area contributed by atoms with Crippen LogP contribution in [0.5, 0.6) is 0 Å². The van der Waals surface area contributed by atoms with E-state index < -0.39 is 11.7 Å². The van der Waals surface area contributed by atoms with E-state index in [1.165, 1.54) is 12.1 Å². The fraction of sp³-hybridized carbons (Fsp3) is 0.261. The minimum Gasteiger partial charge on any atom is -0.324 e. The molecule has 7 heteroatoms. The van der Waals surface area contributed by atoms with Crippen molar-refractivity contribution in [2.75, 3.05) is 5.32 Å². The minimum absolute atomic E-state index is 0.00931. The van der Waals surface area contributed by atoms with E-state index in [1.54, 1.807) is 6.92 Å². The molecule has 1 aromatic heterocycles. The number of fused-ring (bicyclic) bond motifs is 1. The molecule has 0 unspecified atom stereocenters. The topological polar surface area (TPSA) is 54.9 Å². The monoisotopic (exact) mass is 411 g/mol. The van der Waals surface area contributed by atoms with Gasteiger partial charge in [-0.3, -0.25) is 4.79 Å². The molecule has 0 radical (unpaired) electrons. The lowest BCUT2D eigenvalue weighted by Crippen LogP contribution is -2.22. The van der Waals surface area contributed by atoms with E-state index in [2.05, 4.69) is 15.3 Å². The number of halogens is 3. The molecule has 0 saturated carbocycles. The van der Waals surface area contributed by atoms with Crippen LogP contribution < -0.4 is 5.32 Å². The van der Waals surface area contributed by atoms with E-state index in [0.717, 1.165) is 23.3 Å². The Morgan fingerprint density at radius 3 is 2.43 bits per heavy atom. The van der Waals surface area contributed by atoms with Gasteiger partial charge in [-0.05, 0) is 49.9 Å². The third kappa shape index (κ3) is 4.06. The molecular formula is C23H20F3N3O. The number of alkyl halides is 3. The fourth-order valence-electron chi connectivity index (χ4n) is 3.81. The number of aryl methyl sites for hydroxylation is 2. The maximum Gasteiger partial charge on any atom is 0.416 e. The van der Waals surface area contributed by atoms with Gasteiger partial charge < -0.3 is 5.32 Å². The molecule has 0 amide bonds. The van der Waals surface area contributed by atoms with Gasteiger partial charge in [0.15, 0.2) is 5.78 Å². The van der Waals surface area contributed by atoms with Gasteiger partial charge in [-0.25, -0.2) is 9.97 Å². The van der Waals surface area contributed by atoms with E-state index >= 15 is 0 Å². The lowest BCUT2D eigenvalue weighted by Gasteiger charge is -2.25. The molecule has 2 aromatic carbocycles. The third-order valence-corrected chi connectivity index (χ3v) is 5.31. The van der Waals surface area contributed by atoms with Crippen LogP contribution in [0.4, 0.5) is 24.8 Å². The second-order valence-electron chi connectivity index (χ2n) is 7.60. The van der Waals surface area contributed by atoms with Crippen LogP contribution in [0.3, 0.4) is 0 Å². The molecule has 0 spiro atoms. The highest BCUT2D eigenvalue weighted by Gasteiger charge is 2.31. The number of nitrogens with zero attached hydrogens (tertiary/aromatic N) is 2. The molecule has 1 aliphatic carbocycles. The van der Waals surface area contributed by atoms with Crippen LogP contribution in [0.25, 0.3) is 0 Å². The first-order valence-electron chi connectivity index (χ1n) is 9.62. The highest BCUT2D eigenvalue weighted by molar-refractivity contribution is 5.99. The van der Waals surface area contributed by atoms with Gasteiger partial charge in [0.2, 0.25) is 5.95 Å². The van der Waals surface area contributed by atoms with Crippen LogP contribution >= 0.6 is 0 Å². The first-order chi connectivity index (χ1) is 14.2. The zero-order chi connectivity index (χ0) is 21.5. The van der Waals surface area contributed by atoms with Crippen molar-refractivity contribution in [3.05, 3.63) is 82.2 Å². The first-order valence-corrected chi connectivity index (χ1v) is 9.62. The van der Waals surface area contributed by atoms with Crippen molar-refractivity contribution in [2.24, 2.45) is 0 Å². The van der Waals surface area contributed by atoms with Gasteiger partial charge in [-0.15, -0.1) is 0 Å². The SMILES string of the molecule is Cc1ccc([C@@H]2CC(=O)c3c(C)nc(Nc4cccc(C(F)(F)F)c4)nc3C2)cc1. The van der Waals surface area contributed by atoms with Crippen molar-refractivity contribution >= 4 is 17.4 Å². The largest absolute Gasteiger partial charge is 0.416 e. The Bertz CT molecular complexity index is 1110. The number of carbonyl (C=O) groups is 1. The molecule has 0 aliphatic heterocycles. The van der Waals surface area contributed by atoms with E-state index in [4.69, 9.17) is 0 Å². The summed E-state index contributed by atoms with van der Waals surface area (Å²) in [5, 5.41) is 2.85. The smallest absolute Gasteiger partial charge is 0.324 e. The molecule has 1 N–H and O–H groups in total. The molecule has 1 aliphatic rings. The summed E-state index contributed by atoms with van der Waals surface area (Å²) in [6.07, 6.45) is -3.47. The molecule has 0 bridgehead atoms. The van der Waals surface area contributed by atoms with Crippen molar-refractivity contribution in [1.82, 2.24) is 9.97 Å². The molecule has 0 saturated heterocycles. The van der Waals surface area contributed by atoms with Crippen LogP contribution in [0, 0.1) is 13.8 Å². The number of nitrogens with one attached hydrogen (secondary N) is 1. The number of carbonyl (C=O) groups excluding carboxylic acids is 1. The Morgan fingerprint density at radius 1 is 1.00 bits per heavy atom. The summed E-state index contributed by atoms with van der Waals surface area (Å²) in [4.78, 5) is 21.5. The summed E-state index contributed by atoms with van der Waals surface area (Å²) < 4.78 is 38.9. The van der Waals surface area contributed by atoms with Crippen molar-refractivity contribution in [3.63, 3.8) is 0 Å². The van der Waals surface area contributed by atoms with Gasteiger partial charge in [0.25, 0.3) is 0 Å². The number of Topliss-reactive ketones (excluding diaryl/α,β-unsaturated/α-hetero) is 1. The van der Waals surface area contributed by atoms with Crippen LogP contribution in [0.1, 0.15) is 50.8 Å². The van der Waals surface area contributed by atoms with Gasteiger partial charge in [0.1, 0.15) is 0 Å². The zero-order valence-corrected chi connectivity index (χ0v) is 16.5. The van der Waals surface area contributed by atoms with E-state index in [9.17, 15) is 18.0 Å². The number of hydrogen-bond donors (Lipinski definition) is 1. The number of benzene rings is 2. The maximum absolute atomic E-state index is 13.0. The number of aromatic nitrogens is 2. The quantitative estimate of drug-likeness (QED) is 0.595. The average Bonchev–Trinajstić information content (AvgIpc) is 2.67. The highest BCUT2D eigenvalue weighted by Crippen LogP contribution is 2.34. The molecule has 4 rings (SSSR count). The van der Waals surface area contributed by atoms with Gasteiger partial charge in [0, 0.05) is 12.1 Å². The summed E-state index contributed by atoms with van der Waals surface area (Å²) in [5.74, 6) is 0.189. The van der Waals surface area contributed by atoms with Gasteiger partial charge in [-0.1, -0.05) is 35.9 Å². The lowest BCUT2D eigenvalue weighted by atomic mass is 9.81. The Labute approximate surface area is 172 Å². The molecule has 154 valence electrons. The Kier molecular flexibility index (Phi) is 5.05. The summed E-state index contributed by atoms with van der Waals surface area (Å²) in [5.41, 5.74) is 3.38. The van der Waals surface area contributed by atoms with Crippen molar-refractivity contribution < 1.29 is 18.0 Å². The number of ketones is 1. The van der Waals surface area contributed by atoms with E-state index in [1.807, 2.05) is 31.2 Å². The summed E-state index contributed by atoms with van der Waals surface area (Å²) in [6, 6.07) is 12.9. The van der Waals surface area contributed by atoms with E-state index in [-0.39, 0.29) is 23.3 Å². The molecule has 3 aromatic rings. The maximum atomic E-state index is 13.0.